The molecule has 0 bridgehead atoms. The van der Waals surface area contributed by atoms with E-state index in [0.717, 1.165) is 17.6 Å². The van der Waals surface area contributed by atoms with E-state index in [1.54, 1.807) is 12.4 Å². The number of hydrogen-bond donors (Lipinski definition) is 0. The lowest BCUT2D eigenvalue weighted by Crippen LogP contribution is -2.00. The fraction of sp³-hybridized carbons (Fsp3) is 0.333. The molecule has 0 aliphatic heterocycles. The van der Waals surface area contributed by atoms with Gasteiger partial charge in [0.25, 0.3) is 0 Å². The summed E-state index contributed by atoms with van der Waals surface area (Å²) in [6, 6.07) is 3.88. The van der Waals surface area contributed by atoms with Gasteiger partial charge in [-0.25, -0.2) is 0 Å². The largest absolute Gasteiger partial charge is 0.299 e. The number of aromatic nitrogens is 1. The van der Waals surface area contributed by atoms with Gasteiger partial charge in [-0.3, -0.25) is 9.78 Å². The molecule has 0 atom stereocenters. The summed E-state index contributed by atoms with van der Waals surface area (Å²) < 4.78 is 0. The first-order valence-corrected chi connectivity index (χ1v) is 4.73. The number of carbonyl (C=O) groups excluding carboxylic acids is 1. The Bertz CT molecular complexity index is 316. The van der Waals surface area contributed by atoms with Gasteiger partial charge in [0.05, 0.1) is 0 Å². The van der Waals surface area contributed by atoms with Gasteiger partial charge in [-0.2, -0.15) is 0 Å². The zero-order valence-electron chi connectivity index (χ0n) is 8.49. The highest BCUT2D eigenvalue weighted by Crippen LogP contribution is 2.05. The lowest BCUT2D eigenvalue weighted by molar-refractivity contribution is -0.118. The monoisotopic (exact) mass is 189 g/mol. The Morgan fingerprint density at radius 3 is 2.64 bits per heavy atom. The molecule has 1 aromatic rings. The number of Topliss-reactive ketones (excluding diaryl/α,β-unsaturated/α-hetero) is 1. The summed E-state index contributed by atoms with van der Waals surface area (Å²) in [5, 5.41) is 0. The van der Waals surface area contributed by atoms with Crippen molar-refractivity contribution in [2.75, 3.05) is 0 Å². The van der Waals surface area contributed by atoms with E-state index in [-0.39, 0.29) is 5.78 Å². The van der Waals surface area contributed by atoms with Crippen LogP contribution in [0, 0.1) is 0 Å². The van der Waals surface area contributed by atoms with E-state index in [1.165, 1.54) is 0 Å². The lowest BCUT2D eigenvalue weighted by Gasteiger charge is -2.00. The Morgan fingerprint density at radius 2 is 2.07 bits per heavy atom. The normalized spacial score (nSPS) is 9.79. The van der Waals surface area contributed by atoms with Gasteiger partial charge in [0.2, 0.25) is 0 Å². The zero-order valence-corrected chi connectivity index (χ0v) is 8.49. The highest BCUT2D eigenvalue weighted by atomic mass is 16.1. The SMILES string of the molecule is C=C(C)CC(=O)CCc1ccncc1. The van der Waals surface area contributed by atoms with Crippen LogP contribution in [0.15, 0.2) is 36.7 Å². The Kier molecular flexibility index (Phi) is 4.05. The van der Waals surface area contributed by atoms with Crippen molar-refractivity contribution in [2.45, 2.75) is 26.2 Å². The fourth-order valence-corrected chi connectivity index (χ4v) is 1.26. The number of nitrogens with zero attached hydrogens (tertiary/aromatic N) is 1. The van der Waals surface area contributed by atoms with Crippen molar-refractivity contribution in [3.05, 3.63) is 42.2 Å². The molecule has 0 N–H and O–H groups in total. The van der Waals surface area contributed by atoms with Gasteiger partial charge >= 0.3 is 0 Å². The van der Waals surface area contributed by atoms with E-state index in [2.05, 4.69) is 11.6 Å². The van der Waals surface area contributed by atoms with E-state index in [1.807, 2.05) is 19.1 Å². The molecule has 2 nitrogen and oxygen atoms in total. The number of aryl methyl sites for hydroxylation is 1. The molecule has 14 heavy (non-hydrogen) atoms. The molecule has 0 saturated heterocycles. The van der Waals surface area contributed by atoms with Crippen LogP contribution in [-0.4, -0.2) is 10.8 Å². The molecule has 0 aliphatic carbocycles. The first-order chi connectivity index (χ1) is 6.68. The van der Waals surface area contributed by atoms with Crippen molar-refractivity contribution >= 4 is 5.78 Å². The van der Waals surface area contributed by atoms with Crippen LogP contribution >= 0.6 is 0 Å². The molecule has 0 unspecified atom stereocenters. The predicted octanol–water partition coefficient (Wildman–Crippen LogP) is 2.55. The molecule has 0 radical (unpaired) electrons. The number of hydrogen-bond acceptors (Lipinski definition) is 2. The maximum absolute atomic E-state index is 11.4. The molecule has 1 heterocycles. The second-order valence-electron chi connectivity index (χ2n) is 3.53. The Morgan fingerprint density at radius 1 is 1.43 bits per heavy atom. The van der Waals surface area contributed by atoms with Crippen LogP contribution < -0.4 is 0 Å². The van der Waals surface area contributed by atoms with Crippen molar-refractivity contribution in [1.82, 2.24) is 4.98 Å². The van der Waals surface area contributed by atoms with Crippen LogP contribution in [0.1, 0.15) is 25.3 Å². The van der Waals surface area contributed by atoms with Gasteiger partial charge in [-0.1, -0.05) is 12.2 Å². The number of rotatable bonds is 5. The molecule has 0 spiro atoms. The fourth-order valence-electron chi connectivity index (χ4n) is 1.26. The summed E-state index contributed by atoms with van der Waals surface area (Å²) in [5.74, 6) is 0.259. The minimum atomic E-state index is 0.259. The van der Waals surface area contributed by atoms with Crippen LogP contribution in [0.25, 0.3) is 0 Å². The Hall–Kier alpha value is -1.44. The second-order valence-corrected chi connectivity index (χ2v) is 3.53. The maximum atomic E-state index is 11.4. The van der Waals surface area contributed by atoms with Gasteiger partial charge < -0.3 is 0 Å². The van der Waals surface area contributed by atoms with Crippen LogP contribution in [0.5, 0.6) is 0 Å². The van der Waals surface area contributed by atoms with Crippen molar-refractivity contribution in [3.8, 4) is 0 Å². The standard InChI is InChI=1S/C12H15NO/c1-10(2)9-12(14)4-3-11-5-7-13-8-6-11/h5-8H,1,3-4,9H2,2H3. The van der Waals surface area contributed by atoms with Crippen LogP contribution in [0.2, 0.25) is 0 Å². The van der Waals surface area contributed by atoms with Crippen molar-refractivity contribution in [3.63, 3.8) is 0 Å². The molecular formula is C12H15NO. The molecule has 0 aliphatic rings. The van der Waals surface area contributed by atoms with Crippen molar-refractivity contribution < 1.29 is 4.79 Å². The highest BCUT2D eigenvalue weighted by Gasteiger charge is 2.02. The smallest absolute Gasteiger partial charge is 0.137 e. The third-order valence-electron chi connectivity index (χ3n) is 1.94. The van der Waals surface area contributed by atoms with Gasteiger partial charge in [-0.15, -0.1) is 0 Å². The first-order valence-electron chi connectivity index (χ1n) is 4.73. The summed E-state index contributed by atoms with van der Waals surface area (Å²) in [7, 11) is 0. The molecule has 0 amide bonds. The Balaban J connectivity index is 2.34. The summed E-state index contributed by atoms with van der Waals surface area (Å²) in [6.07, 6.45) is 5.40. The molecule has 0 aromatic carbocycles. The molecule has 1 rings (SSSR count). The third-order valence-corrected chi connectivity index (χ3v) is 1.94. The minimum absolute atomic E-state index is 0.259. The molecule has 0 fully saturated rings. The molecule has 74 valence electrons. The molecule has 1 aromatic heterocycles. The van der Waals surface area contributed by atoms with Gasteiger partial charge in [0.15, 0.2) is 0 Å². The first kappa shape index (κ1) is 10.6. The quantitative estimate of drug-likeness (QED) is 0.666. The average molecular weight is 189 g/mol. The van der Waals surface area contributed by atoms with Crippen LogP contribution in [0.4, 0.5) is 0 Å². The second kappa shape index (κ2) is 5.32. The number of ketones is 1. The summed E-state index contributed by atoms with van der Waals surface area (Å²) in [5.41, 5.74) is 2.10. The van der Waals surface area contributed by atoms with Gasteiger partial charge in [0, 0.05) is 25.2 Å². The summed E-state index contributed by atoms with van der Waals surface area (Å²) in [6.45, 7) is 5.60. The average Bonchev–Trinajstić information content (AvgIpc) is 2.15. The van der Waals surface area contributed by atoms with Gasteiger partial charge in [0.1, 0.15) is 5.78 Å². The van der Waals surface area contributed by atoms with E-state index in [9.17, 15) is 4.79 Å². The lowest BCUT2D eigenvalue weighted by atomic mass is 10.1. The summed E-state index contributed by atoms with van der Waals surface area (Å²) in [4.78, 5) is 15.3. The topological polar surface area (TPSA) is 30.0 Å². The van der Waals surface area contributed by atoms with E-state index in [4.69, 9.17) is 0 Å². The Labute approximate surface area is 84.7 Å². The minimum Gasteiger partial charge on any atom is -0.299 e. The molecule has 0 saturated carbocycles. The predicted molar refractivity (Wildman–Crippen MR) is 57.0 cm³/mol. The third kappa shape index (κ3) is 3.99. The summed E-state index contributed by atoms with van der Waals surface area (Å²) >= 11 is 0. The molecular weight excluding hydrogens is 174 g/mol. The molecule has 2 heteroatoms. The van der Waals surface area contributed by atoms with E-state index < -0.39 is 0 Å². The number of carbonyl (C=O) groups is 1. The van der Waals surface area contributed by atoms with E-state index in [0.29, 0.717) is 12.8 Å². The van der Waals surface area contributed by atoms with E-state index >= 15 is 0 Å². The number of pyridine rings is 1. The highest BCUT2D eigenvalue weighted by molar-refractivity contribution is 5.80. The number of allylic oxidation sites excluding steroid dienone is 1. The van der Waals surface area contributed by atoms with Gasteiger partial charge in [-0.05, 0) is 31.0 Å². The van der Waals surface area contributed by atoms with Crippen LogP contribution in [-0.2, 0) is 11.2 Å². The van der Waals surface area contributed by atoms with Crippen LogP contribution in [0.3, 0.4) is 0 Å². The van der Waals surface area contributed by atoms with Crippen molar-refractivity contribution in [1.29, 1.82) is 0 Å². The maximum Gasteiger partial charge on any atom is 0.137 e. The zero-order chi connectivity index (χ0) is 10.4. The van der Waals surface area contributed by atoms with Crippen molar-refractivity contribution in [2.24, 2.45) is 0 Å².